The number of carbonyl (C=O) groups excluding carboxylic acids is 3. The van der Waals surface area contributed by atoms with E-state index < -0.39 is 41.4 Å². The van der Waals surface area contributed by atoms with Crippen LogP contribution in [0.1, 0.15) is 24.8 Å². The molecule has 2 heterocycles. The van der Waals surface area contributed by atoms with E-state index in [-0.39, 0.29) is 78.6 Å². The number of rotatable bonds is 8. The van der Waals surface area contributed by atoms with E-state index in [1.807, 2.05) is 0 Å². The van der Waals surface area contributed by atoms with Crippen molar-refractivity contribution in [2.24, 2.45) is 0 Å². The third-order valence-electron chi connectivity index (χ3n) is 5.73. The van der Waals surface area contributed by atoms with Crippen LogP contribution in [0.2, 0.25) is 0 Å². The number of aromatic nitrogens is 1. The summed E-state index contributed by atoms with van der Waals surface area (Å²) in [5, 5.41) is 10.9. The molecule has 0 spiro atoms. The Hall–Kier alpha value is -3.35. The van der Waals surface area contributed by atoms with E-state index in [1.54, 1.807) is 0 Å². The summed E-state index contributed by atoms with van der Waals surface area (Å²) in [5.74, 6) is -1.92. The SMILES string of the molecule is O=C([O-])CCCC(=O)OC[C@H]1CN(c2ccc3cc(-c4ccccc4C(F)(F)F)[nH]c(=O)c3c2)C(=O)O1.[Na+]. The zero-order valence-electron chi connectivity index (χ0n) is 20.2. The molecule has 0 bridgehead atoms. The van der Waals surface area contributed by atoms with Gasteiger partial charge in [-0.2, -0.15) is 13.2 Å². The molecule has 1 fully saturated rings. The fourth-order valence-electron chi connectivity index (χ4n) is 3.98. The number of carboxylic acid groups (broad SMARTS) is 1. The van der Waals surface area contributed by atoms with Crippen molar-refractivity contribution in [3.8, 4) is 11.3 Å². The minimum atomic E-state index is -4.61. The number of esters is 1. The Morgan fingerprint density at radius 2 is 1.84 bits per heavy atom. The summed E-state index contributed by atoms with van der Waals surface area (Å²) in [7, 11) is 0. The number of aliphatic carboxylic acids is 1. The predicted octanol–water partition coefficient (Wildman–Crippen LogP) is 0.00650. The van der Waals surface area contributed by atoms with Crippen molar-refractivity contribution in [3.05, 3.63) is 64.4 Å². The zero-order valence-corrected chi connectivity index (χ0v) is 22.2. The van der Waals surface area contributed by atoms with Crippen LogP contribution in [-0.4, -0.2) is 42.3 Å². The minimum absolute atomic E-state index is 0. The summed E-state index contributed by atoms with van der Waals surface area (Å²) < 4.78 is 50.5. The number of benzene rings is 2. The van der Waals surface area contributed by atoms with Gasteiger partial charge in [0.15, 0.2) is 6.10 Å². The third kappa shape index (κ3) is 6.74. The molecule has 9 nitrogen and oxygen atoms in total. The van der Waals surface area contributed by atoms with Crippen LogP contribution in [0, 0.1) is 0 Å². The largest absolute Gasteiger partial charge is 1.00 e. The Labute approximate surface area is 235 Å². The Kier molecular flexibility index (Phi) is 9.23. The summed E-state index contributed by atoms with van der Waals surface area (Å²) >= 11 is 0. The molecule has 1 atom stereocenters. The molecule has 3 aromatic rings. The average Bonchev–Trinajstić information content (AvgIpc) is 3.22. The number of hydrogen-bond acceptors (Lipinski definition) is 7. The molecule has 2 aromatic carbocycles. The van der Waals surface area contributed by atoms with Gasteiger partial charge in [0.05, 0.1) is 12.1 Å². The number of amides is 1. The van der Waals surface area contributed by atoms with Gasteiger partial charge in [-0.3, -0.25) is 14.5 Å². The monoisotopic (exact) mass is 540 g/mol. The van der Waals surface area contributed by atoms with Gasteiger partial charge >= 0.3 is 47.8 Å². The fraction of sp³-hybridized carbons (Fsp3) is 0.280. The molecule has 0 aliphatic carbocycles. The van der Waals surface area contributed by atoms with Crippen LogP contribution in [0.25, 0.3) is 22.0 Å². The zero-order chi connectivity index (χ0) is 26.7. The van der Waals surface area contributed by atoms with E-state index in [9.17, 15) is 37.5 Å². The molecular weight excluding hydrogens is 520 g/mol. The number of nitrogens with one attached hydrogen (secondary N) is 1. The Balaban J connectivity index is 0.00000400. The number of hydrogen-bond donors (Lipinski definition) is 1. The number of H-pyrrole nitrogens is 1. The second-order valence-corrected chi connectivity index (χ2v) is 8.35. The molecule has 1 aliphatic rings. The molecule has 1 saturated heterocycles. The van der Waals surface area contributed by atoms with Crippen molar-refractivity contribution in [1.29, 1.82) is 0 Å². The van der Waals surface area contributed by atoms with Crippen molar-refractivity contribution in [1.82, 2.24) is 4.98 Å². The molecule has 1 amide bonds. The number of fused-ring (bicyclic) bond motifs is 1. The van der Waals surface area contributed by atoms with Crippen LogP contribution in [0.4, 0.5) is 23.7 Å². The molecule has 194 valence electrons. The maximum atomic E-state index is 13.4. The first-order valence-electron chi connectivity index (χ1n) is 11.2. The van der Waals surface area contributed by atoms with E-state index in [1.165, 1.54) is 47.4 Å². The Morgan fingerprint density at radius 3 is 2.55 bits per heavy atom. The average molecular weight is 540 g/mol. The van der Waals surface area contributed by atoms with Crippen molar-refractivity contribution >= 4 is 34.5 Å². The summed E-state index contributed by atoms with van der Waals surface area (Å²) in [6, 6.07) is 10.8. The van der Waals surface area contributed by atoms with Crippen LogP contribution in [0.3, 0.4) is 0 Å². The second kappa shape index (κ2) is 12.0. The molecule has 38 heavy (non-hydrogen) atoms. The molecule has 1 aliphatic heterocycles. The first-order valence-corrected chi connectivity index (χ1v) is 11.2. The summed E-state index contributed by atoms with van der Waals surface area (Å²) in [5.41, 5.74) is -1.37. The van der Waals surface area contributed by atoms with Gasteiger partial charge < -0.3 is 24.4 Å². The van der Waals surface area contributed by atoms with Crippen molar-refractivity contribution in [2.75, 3.05) is 18.1 Å². The maximum absolute atomic E-state index is 13.4. The van der Waals surface area contributed by atoms with Gasteiger partial charge in [-0.15, -0.1) is 0 Å². The van der Waals surface area contributed by atoms with Gasteiger partial charge in [-0.1, -0.05) is 24.3 Å². The number of carbonyl (C=O) groups is 3. The topological polar surface area (TPSA) is 129 Å². The number of ether oxygens (including phenoxy) is 2. The summed E-state index contributed by atoms with van der Waals surface area (Å²) in [4.78, 5) is 51.0. The number of alkyl halides is 3. The fourth-order valence-corrected chi connectivity index (χ4v) is 3.98. The van der Waals surface area contributed by atoms with E-state index in [0.717, 1.165) is 6.07 Å². The first-order chi connectivity index (χ1) is 17.5. The number of cyclic esters (lactones) is 1. The quantitative estimate of drug-likeness (QED) is 0.315. The van der Waals surface area contributed by atoms with Crippen molar-refractivity contribution in [3.63, 3.8) is 0 Å². The molecule has 1 N–H and O–H groups in total. The Morgan fingerprint density at radius 1 is 1.11 bits per heavy atom. The van der Waals surface area contributed by atoms with Gasteiger partial charge in [0, 0.05) is 34.7 Å². The smallest absolute Gasteiger partial charge is 0.550 e. The van der Waals surface area contributed by atoms with Crippen LogP contribution in [0.5, 0.6) is 0 Å². The van der Waals surface area contributed by atoms with E-state index in [4.69, 9.17) is 9.47 Å². The van der Waals surface area contributed by atoms with E-state index >= 15 is 0 Å². The van der Waals surface area contributed by atoms with Gasteiger partial charge in [0.1, 0.15) is 6.61 Å². The van der Waals surface area contributed by atoms with Crippen LogP contribution >= 0.6 is 0 Å². The second-order valence-electron chi connectivity index (χ2n) is 8.35. The summed E-state index contributed by atoms with van der Waals surface area (Å²) in [6.07, 6.45) is -6.46. The number of halogens is 3. The molecular formula is C25H20F3N2NaO7. The normalized spacial score (nSPS) is 15.2. The number of pyridine rings is 1. The minimum Gasteiger partial charge on any atom is -0.550 e. The van der Waals surface area contributed by atoms with Crippen molar-refractivity contribution in [2.45, 2.75) is 31.5 Å². The molecule has 0 radical (unpaired) electrons. The Bertz CT molecular complexity index is 1420. The van der Waals surface area contributed by atoms with Crippen molar-refractivity contribution < 1.29 is 71.7 Å². The standard InChI is InChI=1S/C25H21F3N2O7.Na/c26-25(27,28)19-5-2-1-4-17(19)20-10-14-8-9-15(11-18(14)23(34)29-20)30-12-16(37-24(30)35)13-36-22(33)7-3-6-21(31)32;/h1-2,4-5,8-11,16H,3,6-7,12-13H2,(H,29,34)(H,31,32);/q;+1/p-1/t16-;/m1./s1. The molecule has 0 saturated carbocycles. The van der Waals surface area contributed by atoms with Gasteiger partial charge in [0.2, 0.25) is 0 Å². The maximum Gasteiger partial charge on any atom is 1.00 e. The number of nitrogens with zero attached hydrogens (tertiary/aromatic N) is 1. The van der Waals surface area contributed by atoms with Crippen LogP contribution in [-0.2, 0) is 25.2 Å². The van der Waals surface area contributed by atoms with Crippen LogP contribution < -0.4 is 45.1 Å². The van der Waals surface area contributed by atoms with E-state index in [2.05, 4.69) is 4.98 Å². The number of carboxylic acids is 1. The molecule has 1 aromatic heterocycles. The molecule has 4 rings (SSSR count). The van der Waals surface area contributed by atoms with E-state index in [0.29, 0.717) is 11.1 Å². The van der Waals surface area contributed by atoms with Gasteiger partial charge in [0.25, 0.3) is 5.56 Å². The molecule has 13 heteroatoms. The van der Waals surface area contributed by atoms with Gasteiger partial charge in [-0.05, 0) is 42.5 Å². The summed E-state index contributed by atoms with van der Waals surface area (Å²) in [6.45, 7) is -0.214. The molecule has 0 unspecified atom stereocenters. The third-order valence-corrected chi connectivity index (χ3v) is 5.73. The number of anilines is 1. The predicted molar refractivity (Wildman–Crippen MR) is 122 cm³/mol. The first kappa shape index (κ1) is 29.2. The number of aromatic amines is 1. The van der Waals surface area contributed by atoms with Gasteiger partial charge in [-0.25, -0.2) is 4.79 Å². The van der Waals surface area contributed by atoms with Crippen LogP contribution in [0.15, 0.2) is 53.3 Å².